The Balaban J connectivity index is 2.31. The molecule has 132 valence electrons. The highest BCUT2D eigenvalue weighted by molar-refractivity contribution is 5.85. The molecule has 0 aliphatic heterocycles. The Hall–Kier alpha value is -1.71. The third kappa shape index (κ3) is 2.15. The summed E-state index contributed by atoms with van der Waals surface area (Å²) >= 11 is 0. The van der Waals surface area contributed by atoms with Crippen molar-refractivity contribution < 1.29 is 20.1 Å². The molecule has 24 heavy (non-hydrogen) atoms. The number of carboxylic acids is 1. The van der Waals surface area contributed by atoms with E-state index in [0.717, 1.165) is 31.2 Å². The van der Waals surface area contributed by atoms with Gasteiger partial charge in [0.2, 0.25) is 0 Å². The molecule has 0 unspecified atom stereocenters. The number of rotatable bonds is 2. The van der Waals surface area contributed by atoms with E-state index < -0.39 is 11.4 Å². The van der Waals surface area contributed by atoms with Crippen molar-refractivity contribution in [3.63, 3.8) is 0 Å². The number of benzene rings is 1. The first-order valence-electron chi connectivity index (χ1n) is 8.94. The number of hydrogen-bond donors (Lipinski definition) is 3. The number of aromatic hydroxyl groups is 2. The number of carboxylic acid groups (broad SMARTS) is 1. The Morgan fingerprint density at radius 1 is 1.21 bits per heavy atom. The number of phenolic OH excluding ortho intramolecular Hbond substituents is 2. The second-order valence-corrected chi connectivity index (χ2v) is 8.56. The fourth-order valence-corrected chi connectivity index (χ4v) is 5.31. The molecule has 1 saturated carbocycles. The Morgan fingerprint density at radius 3 is 2.46 bits per heavy atom. The average Bonchev–Trinajstić information content (AvgIpc) is 2.49. The van der Waals surface area contributed by atoms with Crippen LogP contribution < -0.4 is 0 Å². The standard InChI is InChI=1S/C20H28O4/c1-11(2)13-10-12-6-7-14-19(3,4)8-5-9-20(14,18(23)24)15(12)17(22)16(13)21/h10-11,14,21-22H,5-9H2,1-4H3,(H,23,24)/t14-,20-/m0/s1. The molecule has 0 spiro atoms. The molecule has 2 atom stereocenters. The maximum absolute atomic E-state index is 12.5. The summed E-state index contributed by atoms with van der Waals surface area (Å²) in [4.78, 5) is 12.5. The van der Waals surface area contributed by atoms with Gasteiger partial charge in [-0.1, -0.05) is 40.2 Å². The lowest BCUT2D eigenvalue weighted by atomic mass is 9.49. The van der Waals surface area contributed by atoms with Crippen molar-refractivity contribution in [2.45, 2.75) is 71.1 Å². The molecule has 1 fully saturated rings. The molecule has 2 aliphatic carbocycles. The largest absolute Gasteiger partial charge is 0.504 e. The van der Waals surface area contributed by atoms with Crippen LogP contribution in [-0.4, -0.2) is 21.3 Å². The lowest BCUT2D eigenvalue weighted by Crippen LogP contribution is -2.54. The fraction of sp³-hybridized carbons (Fsp3) is 0.650. The maximum atomic E-state index is 12.5. The maximum Gasteiger partial charge on any atom is 0.314 e. The molecule has 0 heterocycles. The highest BCUT2D eigenvalue weighted by Gasteiger charge is 2.58. The van der Waals surface area contributed by atoms with Crippen LogP contribution >= 0.6 is 0 Å². The first kappa shape index (κ1) is 17.1. The number of carbonyl (C=O) groups is 1. The number of hydrogen-bond acceptors (Lipinski definition) is 3. The fourth-order valence-electron chi connectivity index (χ4n) is 5.31. The van der Waals surface area contributed by atoms with Crippen molar-refractivity contribution in [2.24, 2.45) is 11.3 Å². The Morgan fingerprint density at radius 2 is 1.88 bits per heavy atom. The molecule has 0 aromatic heterocycles. The van der Waals surface area contributed by atoms with Gasteiger partial charge in [0.25, 0.3) is 0 Å². The third-order valence-electron chi connectivity index (χ3n) is 6.47. The minimum absolute atomic E-state index is 0.0288. The van der Waals surface area contributed by atoms with Gasteiger partial charge in [-0.15, -0.1) is 0 Å². The molecule has 1 aromatic carbocycles. The van der Waals surface area contributed by atoms with Crippen molar-refractivity contribution in [3.8, 4) is 11.5 Å². The van der Waals surface area contributed by atoms with E-state index in [1.807, 2.05) is 19.9 Å². The van der Waals surface area contributed by atoms with Crippen LogP contribution in [0.3, 0.4) is 0 Å². The number of phenols is 2. The normalized spacial score (nSPS) is 28.3. The van der Waals surface area contributed by atoms with Gasteiger partial charge in [-0.3, -0.25) is 4.79 Å². The van der Waals surface area contributed by atoms with Crippen LogP contribution in [0.1, 0.15) is 76.0 Å². The predicted octanol–water partition coefficient (Wildman–Crippen LogP) is 4.32. The van der Waals surface area contributed by atoms with Crippen LogP contribution in [-0.2, 0) is 16.6 Å². The predicted molar refractivity (Wildman–Crippen MR) is 92.6 cm³/mol. The van der Waals surface area contributed by atoms with Crippen LogP contribution in [0.15, 0.2) is 6.07 Å². The Kier molecular flexibility index (Phi) is 3.85. The molecular weight excluding hydrogens is 304 g/mol. The monoisotopic (exact) mass is 332 g/mol. The van der Waals surface area contributed by atoms with Crippen LogP contribution in [0.5, 0.6) is 11.5 Å². The SMILES string of the molecule is CC(C)c1cc2c(c(O)c1O)[C@]1(C(=O)O)CCCC(C)(C)[C@@H]1CC2. The van der Waals surface area contributed by atoms with E-state index in [0.29, 0.717) is 17.5 Å². The second kappa shape index (κ2) is 5.40. The zero-order chi connectivity index (χ0) is 17.9. The Labute approximate surface area is 143 Å². The summed E-state index contributed by atoms with van der Waals surface area (Å²) in [5, 5.41) is 31.5. The molecule has 0 amide bonds. The van der Waals surface area contributed by atoms with Gasteiger partial charge in [0.05, 0.1) is 5.41 Å². The van der Waals surface area contributed by atoms with Crippen LogP contribution in [0.4, 0.5) is 0 Å². The van der Waals surface area contributed by atoms with E-state index >= 15 is 0 Å². The molecule has 3 N–H and O–H groups in total. The van der Waals surface area contributed by atoms with Gasteiger partial charge in [-0.25, -0.2) is 0 Å². The topological polar surface area (TPSA) is 77.8 Å². The minimum atomic E-state index is -1.09. The van der Waals surface area contributed by atoms with Crippen LogP contribution in [0.2, 0.25) is 0 Å². The number of fused-ring (bicyclic) bond motifs is 3. The van der Waals surface area contributed by atoms with Crippen molar-refractivity contribution in [1.82, 2.24) is 0 Å². The quantitative estimate of drug-likeness (QED) is 0.705. The Bertz CT molecular complexity index is 689. The molecule has 2 aliphatic rings. The lowest BCUT2D eigenvalue weighted by Gasteiger charge is -2.53. The first-order chi connectivity index (χ1) is 11.1. The van der Waals surface area contributed by atoms with E-state index in [1.54, 1.807) is 0 Å². The first-order valence-corrected chi connectivity index (χ1v) is 8.94. The van der Waals surface area contributed by atoms with Gasteiger partial charge in [0, 0.05) is 11.1 Å². The number of aryl methyl sites for hydroxylation is 1. The third-order valence-corrected chi connectivity index (χ3v) is 6.47. The molecule has 0 radical (unpaired) electrons. The summed E-state index contributed by atoms with van der Waals surface area (Å²) in [6.07, 6.45) is 3.91. The molecule has 4 heteroatoms. The highest BCUT2D eigenvalue weighted by atomic mass is 16.4. The van der Waals surface area contributed by atoms with E-state index in [1.165, 1.54) is 0 Å². The van der Waals surface area contributed by atoms with Crippen LogP contribution in [0, 0.1) is 11.3 Å². The zero-order valence-corrected chi connectivity index (χ0v) is 15.0. The second-order valence-electron chi connectivity index (χ2n) is 8.56. The summed E-state index contributed by atoms with van der Waals surface area (Å²) in [6.45, 7) is 8.20. The average molecular weight is 332 g/mol. The van der Waals surface area contributed by atoms with E-state index in [-0.39, 0.29) is 28.7 Å². The summed E-state index contributed by atoms with van der Waals surface area (Å²) in [5.41, 5.74) is 0.881. The van der Waals surface area contributed by atoms with Gasteiger partial charge in [0.15, 0.2) is 11.5 Å². The van der Waals surface area contributed by atoms with Gasteiger partial charge >= 0.3 is 5.97 Å². The molecule has 4 nitrogen and oxygen atoms in total. The summed E-state index contributed by atoms with van der Waals surface area (Å²) in [7, 11) is 0. The summed E-state index contributed by atoms with van der Waals surface area (Å²) in [6, 6.07) is 1.91. The lowest BCUT2D eigenvalue weighted by molar-refractivity contribution is -0.152. The van der Waals surface area contributed by atoms with Crippen molar-refractivity contribution in [1.29, 1.82) is 0 Å². The van der Waals surface area contributed by atoms with E-state index in [2.05, 4.69) is 13.8 Å². The van der Waals surface area contributed by atoms with Gasteiger partial charge in [0.1, 0.15) is 0 Å². The molecular formula is C20H28O4. The zero-order valence-electron chi connectivity index (χ0n) is 15.0. The van der Waals surface area contributed by atoms with E-state index in [9.17, 15) is 20.1 Å². The van der Waals surface area contributed by atoms with E-state index in [4.69, 9.17) is 0 Å². The molecule has 0 bridgehead atoms. The van der Waals surface area contributed by atoms with Crippen molar-refractivity contribution in [3.05, 3.63) is 22.8 Å². The molecule has 0 saturated heterocycles. The summed E-state index contributed by atoms with van der Waals surface area (Å²) < 4.78 is 0. The smallest absolute Gasteiger partial charge is 0.314 e. The van der Waals surface area contributed by atoms with Gasteiger partial charge in [-0.2, -0.15) is 0 Å². The molecule has 1 aromatic rings. The minimum Gasteiger partial charge on any atom is -0.504 e. The van der Waals surface area contributed by atoms with Gasteiger partial charge < -0.3 is 15.3 Å². The molecule has 3 rings (SSSR count). The van der Waals surface area contributed by atoms with Crippen LogP contribution in [0.25, 0.3) is 0 Å². The van der Waals surface area contributed by atoms with Crippen molar-refractivity contribution in [2.75, 3.05) is 0 Å². The van der Waals surface area contributed by atoms with Gasteiger partial charge in [-0.05, 0) is 48.5 Å². The van der Waals surface area contributed by atoms with Crippen molar-refractivity contribution >= 4 is 5.97 Å². The summed E-state index contributed by atoms with van der Waals surface area (Å²) in [5.74, 6) is -1.18. The number of aliphatic carboxylic acids is 1. The highest BCUT2D eigenvalue weighted by Crippen LogP contribution is 2.60.